The van der Waals surface area contributed by atoms with Crippen molar-refractivity contribution >= 4 is 15.9 Å². The lowest BCUT2D eigenvalue weighted by molar-refractivity contribution is -0.0586. The molecule has 7 nitrogen and oxygen atoms in total. The van der Waals surface area contributed by atoms with Gasteiger partial charge in [0.1, 0.15) is 10.6 Å². The summed E-state index contributed by atoms with van der Waals surface area (Å²) < 4.78 is 36.8. The second kappa shape index (κ2) is 7.08. The first kappa shape index (κ1) is 18.7. The van der Waals surface area contributed by atoms with E-state index >= 15 is 0 Å². The molecule has 0 unspecified atom stereocenters. The number of carbonyl (C=O) groups excluding carboxylic acids is 1. The van der Waals surface area contributed by atoms with Crippen LogP contribution in [-0.2, 0) is 14.8 Å². The summed E-state index contributed by atoms with van der Waals surface area (Å²) in [5, 5.41) is 0. The van der Waals surface area contributed by atoms with Gasteiger partial charge in [-0.3, -0.25) is 4.79 Å². The molecule has 1 aliphatic rings. The van der Waals surface area contributed by atoms with Crippen molar-refractivity contribution in [2.24, 2.45) is 0 Å². The Morgan fingerprint density at radius 3 is 2.33 bits per heavy atom. The summed E-state index contributed by atoms with van der Waals surface area (Å²) in [6, 6.07) is 4.47. The van der Waals surface area contributed by atoms with Crippen molar-refractivity contribution in [3.63, 3.8) is 0 Å². The molecule has 0 saturated carbocycles. The molecule has 0 aliphatic carbocycles. The molecular weight excluding hydrogens is 332 g/mol. The summed E-state index contributed by atoms with van der Waals surface area (Å²) in [7, 11) is 0.563. The molecule has 1 saturated heterocycles. The van der Waals surface area contributed by atoms with Crippen LogP contribution in [0.1, 0.15) is 24.2 Å². The fourth-order valence-corrected chi connectivity index (χ4v) is 3.81. The van der Waals surface area contributed by atoms with Gasteiger partial charge in [-0.15, -0.1) is 0 Å². The van der Waals surface area contributed by atoms with Crippen LogP contribution in [0.4, 0.5) is 0 Å². The van der Waals surface area contributed by atoms with Gasteiger partial charge in [0.25, 0.3) is 5.91 Å². The Morgan fingerprint density at radius 1 is 1.25 bits per heavy atom. The molecule has 1 amide bonds. The monoisotopic (exact) mass is 356 g/mol. The van der Waals surface area contributed by atoms with E-state index < -0.39 is 10.0 Å². The normalized spacial score (nSPS) is 21.8. The van der Waals surface area contributed by atoms with Gasteiger partial charge >= 0.3 is 0 Å². The summed E-state index contributed by atoms with van der Waals surface area (Å²) in [5.41, 5.74) is 0.317. The predicted molar refractivity (Wildman–Crippen MR) is 89.8 cm³/mol. The van der Waals surface area contributed by atoms with E-state index in [4.69, 9.17) is 9.47 Å². The minimum atomic E-state index is -3.72. The number of benzene rings is 1. The molecule has 2 rings (SSSR count). The summed E-state index contributed by atoms with van der Waals surface area (Å²) >= 11 is 0. The zero-order chi connectivity index (χ0) is 18.1. The van der Waals surface area contributed by atoms with Crippen LogP contribution in [-0.4, -0.2) is 70.0 Å². The smallest absolute Gasteiger partial charge is 0.254 e. The number of carbonyl (C=O) groups is 1. The number of hydrogen-bond acceptors (Lipinski definition) is 5. The highest BCUT2D eigenvalue weighted by Gasteiger charge is 2.29. The van der Waals surface area contributed by atoms with Crippen molar-refractivity contribution in [3.8, 4) is 5.75 Å². The molecule has 1 aromatic carbocycles. The van der Waals surface area contributed by atoms with E-state index in [1.54, 1.807) is 11.0 Å². The van der Waals surface area contributed by atoms with E-state index in [-0.39, 0.29) is 28.8 Å². The van der Waals surface area contributed by atoms with Gasteiger partial charge in [0.2, 0.25) is 10.0 Å². The van der Waals surface area contributed by atoms with E-state index in [9.17, 15) is 13.2 Å². The number of methoxy groups -OCH3 is 1. The number of rotatable bonds is 4. The van der Waals surface area contributed by atoms with E-state index in [2.05, 4.69) is 0 Å². The van der Waals surface area contributed by atoms with Crippen molar-refractivity contribution in [1.29, 1.82) is 0 Å². The minimum Gasteiger partial charge on any atom is -0.495 e. The van der Waals surface area contributed by atoms with Gasteiger partial charge in [0, 0.05) is 32.7 Å². The van der Waals surface area contributed by atoms with Crippen LogP contribution in [0.15, 0.2) is 23.1 Å². The zero-order valence-electron chi connectivity index (χ0n) is 14.6. The van der Waals surface area contributed by atoms with Crippen molar-refractivity contribution in [2.75, 3.05) is 34.3 Å². The van der Waals surface area contributed by atoms with E-state index in [1.165, 1.54) is 33.3 Å². The average Bonchev–Trinajstić information content (AvgIpc) is 2.52. The lowest BCUT2D eigenvalue weighted by Crippen LogP contribution is -2.48. The summed E-state index contributed by atoms with van der Waals surface area (Å²) in [6.07, 6.45) is -0.109. The first-order chi connectivity index (χ1) is 11.2. The van der Waals surface area contributed by atoms with Gasteiger partial charge in [0.05, 0.1) is 19.3 Å². The molecule has 1 heterocycles. The molecule has 1 aromatic rings. The zero-order valence-corrected chi connectivity index (χ0v) is 15.5. The number of hydrogen-bond donors (Lipinski definition) is 0. The fraction of sp³-hybridized carbons (Fsp3) is 0.562. The Labute approximate surface area is 143 Å². The maximum Gasteiger partial charge on any atom is 0.254 e. The Morgan fingerprint density at radius 2 is 1.83 bits per heavy atom. The van der Waals surface area contributed by atoms with Crippen LogP contribution >= 0.6 is 0 Å². The van der Waals surface area contributed by atoms with Crippen LogP contribution in [0.5, 0.6) is 5.75 Å². The third-order valence-electron chi connectivity index (χ3n) is 3.88. The molecule has 0 aromatic heterocycles. The van der Waals surface area contributed by atoms with Crippen molar-refractivity contribution in [2.45, 2.75) is 31.0 Å². The van der Waals surface area contributed by atoms with Gasteiger partial charge in [-0.05, 0) is 32.0 Å². The van der Waals surface area contributed by atoms with Crippen LogP contribution in [0.2, 0.25) is 0 Å². The van der Waals surface area contributed by atoms with E-state index in [1.807, 2.05) is 13.8 Å². The second-order valence-corrected chi connectivity index (χ2v) is 8.24. The second-order valence-electron chi connectivity index (χ2n) is 6.12. The van der Waals surface area contributed by atoms with Gasteiger partial charge < -0.3 is 14.4 Å². The van der Waals surface area contributed by atoms with Crippen LogP contribution in [0.3, 0.4) is 0 Å². The van der Waals surface area contributed by atoms with Gasteiger partial charge in [-0.2, -0.15) is 0 Å². The molecule has 0 bridgehead atoms. The number of morpholine rings is 1. The molecular formula is C16H24N2O5S. The molecule has 24 heavy (non-hydrogen) atoms. The fourth-order valence-electron chi connectivity index (χ4n) is 2.73. The number of amides is 1. The summed E-state index contributed by atoms with van der Waals surface area (Å²) in [6.45, 7) is 4.77. The highest BCUT2D eigenvalue weighted by Crippen LogP contribution is 2.27. The Bertz CT molecular complexity index is 707. The molecule has 0 spiro atoms. The summed E-state index contributed by atoms with van der Waals surface area (Å²) in [4.78, 5) is 14.4. The van der Waals surface area contributed by atoms with Crippen LogP contribution in [0, 0.1) is 0 Å². The Kier molecular flexibility index (Phi) is 5.52. The van der Waals surface area contributed by atoms with Crippen molar-refractivity contribution in [3.05, 3.63) is 23.8 Å². The number of sulfonamides is 1. The molecule has 1 fully saturated rings. The van der Waals surface area contributed by atoms with Gasteiger partial charge in [0.15, 0.2) is 0 Å². The standard InChI is InChI=1S/C16H24N2O5S/c1-11-9-18(10-12(2)23-11)16(19)13-6-7-14(22-5)15(8-13)24(20,21)17(3)4/h6-8,11-12H,9-10H2,1-5H3/t11-,12-/m0/s1. The molecule has 0 N–H and O–H groups in total. The third kappa shape index (κ3) is 3.71. The largest absolute Gasteiger partial charge is 0.495 e. The SMILES string of the molecule is COc1ccc(C(=O)N2C[C@H](C)O[C@@H](C)C2)cc1S(=O)(=O)N(C)C. The average molecular weight is 356 g/mol. The molecule has 134 valence electrons. The lowest BCUT2D eigenvalue weighted by Gasteiger charge is -2.35. The van der Waals surface area contributed by atoms with Gasteiger partial charge in [-0.1, -0.05) is 0 Å². The molecule has 1 aliphatic heterocycles. The van der Waals surface area contributed by atoms with Crippen LogP contribution in [0.25, 0.3) is 0 Å². The maximum atomic E-state index is 12.8. The molecule has 2 atom stereocenters. The predicted octanol–water partition coefficient (Wildman–Crippen LogP) is 1.19. The van der Waals surface area contributed by atoms with E-state index in [0.29, 0.717) is 18.7 Å². The third-order valence-corrected chi connectivity index (χ3v) is 5.71. The first-order valence-corrected chi connectivity index (χ1v) is 9.16. The highest BCUT2D eigenvalue weighted by molar-refractivity contribution is 7.89. The maximum absolute atomic E-state index is 12.8. The number of ether oxygens (including phenoxy) is 2. The quantitative estimate of drug-likeness (QED) is 0.810. The number of nitrogens with zero attached hydrogens (tertiary/aromatic N) is 2. The summed E-state index contributed by atoms with van der Waals surface area (Å²) in [5.74, 6) is -0.00109. The Hall–Kier alpha value is -1.64. The molecule has 8 heteroatoms. The van der Waals surface area contributed by atoms with E-state index in [0.717, 1.165) is 4.31 Å². The van der Waals surface area contributed by atoms with Gasteiger partial charge in [-0.25, -0.2) is 12.7 Å². The van der Waals surface area contributed by atoms with Crippen molar-refractivity contribution < 1.29 is 22.7 Å². The Balaban J connectivity index is 2.40. The topological polar surface area (TPSA) is 76.1 Å². The highest BCUT2D eigenvalue weighted by atomic mass is 32.2. The van der Waals surface area contributed by atoms with Crippen molar-refractivity contribution in [1.82, 2.24) is 9.21 Å². The van der Waals surface area contributed by atoms with Crippen LogP contribution < -0.4 is 4.74 Å². The molecule has 0 radical (unpaired) electrons. The first-order valence-electron chi connectivity index (χ1n) is 7.72. The lowest BCUT2D eigenvalue weighted by atomic mass is 10.1. The minimum absolute atomic E-state index is 0.0183.